The second kappa shape index (κ2) is 5.35. The fourth-order valence-electron chi connectivity index (χ4n) is 3.50. The maximum atomic E-state index is 12.8. The van der Waals surface area contributed by atoms with E-state index in [-0.39, 0.29) is 18.1 Å². The molecular formula is C15H22N2O3S. The Labute approximate surface area is 125 Å². The number of aliphatic hydroxyl groups excluding tert-OH is 1. The number of rotatable bonds is 3. The zero-order chi connectivity index (χ0) is 15.2. The Morgan fingerprint density at radius 1 is 1.33 bits per heavy atom. The summed E-state index contributed by atoms with van der Waals surface area (Å²) in [6.45, 7) is 2.78. The van der Waals surface area contributed by atoms with Crippen LogP contribution in [0.5, 0.6) is 0 Å². The van der Waals surface area contributed by atoms with Crippen LogP contribution < -0.4 is 5.73 Å². The molecule has 3 N–H and O–H groups in total. The molecule has 4 atom stereocenters. The lowest BCUT2D eigenvalue weighted by Crippen LogP contribution is -2.31. The van der Waals surface area contributed by atoms with Crippen molar-refractivity contribution >= 4 is 10.0 Å². The van der Waals surface area contributed by atoms with Crippen LogP contribution in [0.15, 0.2) is 29.2 Å². The summed E-state index contributed by atoms with van der Waals surface area (Å²) in [6, 6.07) is 6.65. The smallest absolute Gasteiger partial charge is 0.243 e. The molecule has 0 spiro atoms. The Bertz CT molecular complexity index is 630. The molecule has 2 fully saturated rings. The van der Waals surface area contributed by atoms with E-state index in [4.69, 9.17) is 5.73 Å². The van der Waals surface area contributed by atoms with Crippen LogP contribution in [0.4, 0.5) is 0 Å². The Morgan fingerprint density at radius 3 is 2.76 bits per heavy atom. The highest BCUT2D eigenvalue weighted by Gasteiger charge is 2.45. The zero-order valence-electron chi connectivity index (χ0n) is 12.1. The van der Waals surface area contributed by atoms with E-state index in [1.165, 1.54) is 4.31 Å². The summed E-state index contributed by atoms with van der Waals surface area (Å²) < 4.78 is 27.0. The molecule has 3 rings (SSSR count). The van der Waals surface area contributed by atoms with Crippen molar-refractivity contribution in [1.29, 1.82) is 0 Å². The van der Waals surface area contributed by atoms with Crippen LogP contribution in [0.2, 0.25) is 0 Å². The molecule has 6 heteroatoms. The molecule has 1 heterocycles. The maximum Gasteiger partial charge on any atom is 0.243 e. The van der Waals surface area contributed by atoms with Crippen LogP contribution in [0, 0.1) is 11.8 Å². The van der Waals surface area contributed by atoms with Gasteiger partial charge < -0.3 is 10.8 Å². The van der Waals surface area contributed by atoms with Crippen molar-refractivity contribution in [3.05, 3.63) is 29.8 Å². The molecule has 1 aromatic carbocycles. The van der Waals surface area contributed by atoms with Gasteiger partial charge in [-0.2, -0.15) is 4.31 Å². The van der Waals surface area contributed by atoms with E-state index in [9.17, 15) is 13.5 Å². The molecule has 4 unspecified atom stereocenters. The molecule has 21 heavy (non-hydrogen) atoms. The van der Waals surface area contributed by atoms with Crippen LogP contribution in [-0.2, 0) is 10.0 Å². The van der Waals surface area contributed by atoms with Gasteiger partial charge in [0.25, 0.3) is 0 Å². The molecule has 1 aliphatic heterocycles. The lowest BCUT2D eigenvalue weighted by molar-refractivity contribution is 0.129. The molecule has 0 aromatic heterocycles. The molecular weight excluding hydrogens is 288 g/mol. The van der Waals surface area contributed by atoms with Crippen molar-refractivity contribution in [2.45, 2.75) is 36.8 Å². The van der Waals surface area contributed by atoms with Gasteiger partial charge >= 0.3 is 0 Å². The summed E-state index contributed by atoms with van der Waals surface area (Å²) in [5.41, 5.74) is 6.65. The van der Waals surface area contributed by atoms with E-state index in [1.54, 1.807) is 18.2 Å². The average Bonchev–Trinajstić information content (AvgIpc) is 3.02. The molecule has 0 bridgehead atoms. The minimum absolute atomic E-state index is 0.0939. The van der Waals surface area contributed by atoms with Gasteiger partial charge in [-0.15, -0.1) is 0 Å². The first-order valence-electron chi connectivity index (χ1n) is 7.43. The highest BCUT2D eigenvalue weighted by Crippen LogP contribution is 2.40. The lowest BCUT2D eigenvalue weighted by Gasteiger charge is -2.19. The summed E-state index contributed by atoms with van der Waals surface area (Å²) in [4.78, 5) is 0.298. The van der Waals surface area contributed by atoms with E-state index in [0.717, 1.165) is 18.4 Å². The lowest BCUT2D eigenvalue weighted by atomic mass is 10.00. The standard InChI is InChI=1S/C15H22N2O3S/c1-10(16)11-3-2-4-13(7-11)21(19,20)17-8-12-5-6-15(18)14(12)9-17/h2-4,7,10,12,14-15,18H,5-6,8-9,16H2,1H3. The Kier molecular flexibility index (Phi) is 3.81. The van der Waals surface area contributed by atoms with Crippen molar-refractivity contribution in [3.8, 4) is 0 Å². The number of nitrogens with two attached hydrogens (primary N) is 1. The molecule has 0 radical (unpaired) electrons. The third kappa shape index (κ3) is 2.61. The van der Waals surface area contributed by atoms with E-state index in [1.807, 2.05) is 13.0 Å². The van der Waals surface area contributed by atoms with Gasteiger partial charge in [0.05, 0.1) is 11.0 Å². The summed E-state index contributed by atoms with van der Waals surface area (Å²) in [6.07, 6.45) is 1.35. The van der Waals surface area contributed by atoms with E-state index in [0.29, 0.717) is 23.9 Å². The van der Waals surface area contributed by atoms with Crippen LogP contribution in [-0.4, -0.2) is 37.0 Å². The van der Waals surface area contributed by atoms with Crippen molar-refractivity contribution < 1.29 is 13.5 Å². The molecule has 1 aromatic rings. The van der Waals surface area contributed by atoms with E-state index in [2.05, 4.69) is 0 Å². The monoisotopic (exact) mass is 310 g/mol. The van der Waals surface area contributed by atoms with Gasteiger partial charge in [-0.25, -0.2) is 8.42 Å². The van der Waals surface area contributed by atoms with Crippen molar-refractivity contribution in [3.63, 3.8) is 0 Å². The fourth-order valence-corrected chi connectivity index (χ4v) is 5.09. The number of aliphatic hydroxyl groups is 1. The highest BCUT2D eigenvalue weighted by molar-refractivity contribution is 7.89. The van der Waals surface area contributed by atoms with Crippen molar-refractivity contribution in [1.82, 2.24) is 4.31 Å². The summed E-state index contributed by atoms with van der Waals surface area (Å²) in [5, 5.41) is 9.93. The molecule has 5 nitrogen and oxygen atoms in total. The van der Waals surface area contributed by atoms with Gasteiger partial charge in [-0.1, -0.05) is 12.1 Å². The SMILES string of the molecule is CC(N)c1cccc(S(=O)(=O)N2CC3CCC(O)C3C2)c1. The predicted molar refractivity (Wildman–Crippen MR) is 80.0 cm³/mol. The topological polar surface area (TPSA) is 83.6 Å². The normalized spacial score (nSPS) is 31.3. The first kappa shape index (κ1) is 15.0. The van der Waals surface area contributed by atoms with E-state index < -0.39 is 10.0 Å². The number of nitrogens with zero attached hydrogens (tertiary/aromatic N) is 1. The van der Waals surface area contributed by atoms with Gasteiger partial charge in [-0.3, -0.25) is 0 Å². The Balaban J connectivity index is 1.86. The number of fused-ring (bicyclic) bond motifs is 1. The third-order valence-electron chi connectivity index (χ3n) is 4.81. The van der Waals surface area contributed by atoms with Gasteiger partial charge in [0.15, 0.2) is 0 Å². The van der Waals surface area contributed by atoms with Gasteiger partial charge in [0.1, 0.15) is 0 Å². The summed E-state index contributed by atoms with van der Waals surface area (Å²) in [7, 11) is -3.49. The van der Waals surface area contributed by atoms with Crippen LogP contribution in [0.25, 0.3) is 0 Å². The van der Waals surface area contributed by atoms with Gasteiger partial charge in [0.2, 0.25) is 10.0 Å². The summed E-state index contributed by atoms with van der Waals surface area (Å²) >= 11 is 0. The first-order valence-corrected chi connectivity index (χ1v) is 8.87. The Morgan fingerprint density at radius 2 is 2.10 bits per heavy atom. The Hall–Kier alpha value is -0.950. The molecule has 1 saturated carbocycles. The molecule has 2 aliphatic rings. The van der Waals surface area contributed by atoms with Crippen LogP contribution in [0.1, 0.15) is 31.4 Å². The molecule has 1 aliphatic carbocycles. The van der Waals surface area contributed by atoms with Crippen LogP contribution in [0.3, 0.4) is 0 Å². The predicted octanol–water partition coefficient (Wildman–Crippen LogP) is 1.10. The third-order valence-corrected chi connectivity index (χ3v) is 6.63. The van der Waals surface area contributed by atoms with Gasteiger partial charge in [-0.05, 0) is 43.4 Å². The number of sulfonamides is 1. The first-order chi connectivity index (χ1) is 9.89. The van der Waals surface area contributed by atoms with Crippen LogP contribution >= 0.6 is 0 Å². The quantitative estimate of drug-likeness (QED) is 0.875. The average molecular weight is 310 g/mol. The minimum Gasteiger partial charge on any atom is -0.393 e. The molecule has 116 valence electrons. The molecule has 1 saturated heterocycles. The minimum atomic E-state index is -3.49. The van der Waals surface area contributed by atoms with Gasteiger partial charge in [0, 0.05) is 25.0 Å². The number of hydrogen-bond donors (Lipinski definition) is 2. The maximum absolute atomic E-state index is 12.8. The number of benzene rings is 1. The largest absolute Gasteiger partial charge is 0.393 e. The zero-order valence-corrected chi connectivity index (χ0v) is 13.0. The van der Waals surface area contributed by atoms with E-state index >= 15 is 0 Å². The summed E-state index contributed by atoms with van der Waals surface area (Å²) in [5.74, 6) is 0.391. The van der Waals surface area contributed by atoms with Crippen molar-refractivity contribution in [2.75, 3.05) is 13.1 Å². The number of hydrogen-bond acceptors (Lipinski definition) is 4. The fraction of sp³-hybridized carbons (Fsp3) is 0.600. The second-order valence-electron chi connectivity index (χ2n) is 6.25. The second-order valence-corrected chi connectivity index (χ2v) is 8.19. The molecule has 0 amide bonds. The highest BCUT2D eigenvalue weighted by atomic mass is 32.2. The van der Waals surface area contributed by atoms with Crippen molar-refractivity contribution in [2.24, 2.45) is 17.6 Å².